The lowest BCUT2D eigenvalue weighted by atomic mass is 9.97. The molecule has 1 saturated heterocycles. The average Bonchev–Trinajstić information content (AvgIpc) is 2.89. The highest BCUT2D eigenvalue weighted by Gasteiger charge is 2.39. The minimum atomic E-state index is 0.532. The van der Waals surface area contributed by atoms with E-state index in [0.29, 0.717) is 25.3 Å². The number of aromatic nitrogens is 1. The SMILES string of the molecule is COCCOc1ccc(CN2C3CCC2c2cccnc2C3)cc1. The number of hydrogen-bond acceptors (Lipinski definition) is 4. The van der Waals surface area contributed by atoms with Crippen LogP contribution in [0.3, 0.4) is 0 Å². The summed E-state index contributed by atoms with van der Waals surface area (Å²) in [6, 6.07) is 14.0. The molecule has 2 aromatic rings. The topological polar surface area (TPSA) is 34.6 Å². The first-order valence-corrected chi connectivity index (χ1v) is 8.75. The van der Waals surface area contributed by atoms with Gasteiger partial charge >= 0.3 is 0 Å². The molecule has 1 fully saturated rings. The van der Waals surface area contributed by atoms with Crippen LogP contribution in [-0.2, 0) is 17.7 Å². The third-order valence-corrected chi connectivity index (χ3v) is 5.20. The fourth-order valence-corrected chi connectivity index (χ4v) is 4.02. The van der Waals surface area contributed by atoms with Crippen LogP contribution in [0, 0.1) is 0 Å². The number of benzene rings is 1. The average molecular weight is 324 g/mol. The Morgan fingerprint density at radius 2 is 2.00 bits per heavy atom. The minimum Gasteiger partial charge on any atom is -0.491 e. The Labute approximate surface area is 143 Å². The molecule has 2 aliphatic rings. The summed E-state index contributed by atoms with van der Waals surface area (Å²) in [4.78, 5) is 7.25. The maximum absolute atomic E-state index is 5.65. The van der Waals surface area contributed by atoms with Crippen molar-refractivity contribution in [3.8, 4) is 5.75 Å². The summed E-state index contributed by atoms with van der Waals surface area (Å²) < 4.78 is 10.7. The molecule has 24 heavy (non-hydrogen) atoms. The summed E-state index contributed by atoms with van der Waals surface area (Å²) in [7, 11) is 1.69. The van der Waals surface area contributed by atoms with Gasteiger partial charge in [0.1, 0.15) is 12.4 Å². The molecule has 2 atom stereocenters. The predicted octanol–water partition coefficient (Wildman–Crippen LogP) is 3.37. The molecular formula is C20H24N2O2. The van der Waals surface area contributed by atoms with E-state index in [4.69, 9.17) is 9.47 Å². The van der Waals surface area contributed by atoms with Gasteiger partial charge in [-0.3, -0.25) is 9.88 Å². The van der Waals surface area contributed by atoms with E-state index in [-0.39, 0.29) is 0 Å². The van der Waals surface area contributed by atoms with Gasteiger partial charge in [0.25, 0.3) is 0 Å². The van der Waals surface area contributed by atoms with Gasteiger partial charge in [-0.05, 0) is 42.2 Å². The standard InChI is InChI=1S/C20H24N2O2/c1-23-11-12-24-17-7-4-15(5-8-17)14-22-16-6-9-20(22)18-3-2-10-21-19(18)13-16/h2-5,7-8,10,16,20H,6,9,11-14H2,1H3. The summed E-state index contributed by atoms with van der Waals surface area (Å²) in [6.07, 6.45) is 5.54. The summed E-state index contributed by atoms with van der Waals surface area (Å²) >= 11 is 0. The maximum atomic E-state index is 5.65. The smallest absolute Gasteiger partial charge is 0.119 e. The molecule has 2 unspecified atom stereocenters. The fourth-order valence-electron chi connectivity index (χ4n) is 4.02. The summed E-state index contributed by atoms with van der Waals surface area (Å²) in [5.41, 5.74) is 4.09. The van der Waals surface area contributed by atoms with Crippen molar-refractivity contribution in [2.24, 2.45) is 0 Å². The Bertz CT molecular complexity index is 686. The molecule has 0 radical (unpaired) electrons. The molecule has 1 aromatic heterocycles. The zero-order valence-electron chi connectivity index (χ0n) is 14.1. The molecule has 1 aromatic carbocycles. The summed E-state index contributed by atoms with van der Waals surface area (Å²) in [5.74, 6) is 0.909. The first kappa shape index (κ1) is 15.6. The van der Waals surface area contributed by atoms with E-state index in [9.17, 15) is 0 Å². The van der Waals surface area contributed by atoms with Crippen LogP contribution in [0.15, 0.2) is 42.6 Å². The second kappa shape index (κ2) is 6.91. The number of hydrogen-bond donors (Lipinski definition) is 0. The van der Waals surface area contributed by atoms with Gasteiger partial charge in [-0.1, -0.05) is 18.2 Å². The van der Waals surface area contributed by atoms with Crippen LogP contribution in [0.1, 0.15) is 35.7 Å². The van der Waals surface area contributed by atoms with Gasteiger partial charge in [-0.2, -0.15) is 0 Å². The summed E-state index contributed by atoms with van der Waals surface area (Å²) in [6.45, 7) is 2.21. The Morgan fingerprint density at radius 3 is 2.83 bits per heavy atom. The molecule has 0 aliphatic carbocycles. The number of methoxy groups -OCH3 is 1. The molecule has 0 spiro atoms. The quantitative estimate of drug-likeness (QED) is 0.763. The number of rotatable bonds is 6. The zero-order chi connectivity index (χ0) is 16.4. The van der Waals surface area contributed by atoms with Crippen LogP contribution < -0.4 is 4.74 Å². The van der Waals surface area contributed by atoms with E-state index < -0.39 is 0 Å². The van der Waals surface area contributed by atoms with E-state index in [2.05, 4.69) is 46.3 Å². The highest BCUT2D eigenvalue weighted by Crippen LogP contribution is 2.43. The number of pyridine rings is 1. The first-order valence-electron chi connectivity index (χ1n) is 8.75. The Kier molecular flexibility index (Phi) is 4.50. The maximum Gasteiger partial charge on any atom is 0.119 e. The fraction of sp³-hybridized carbons (Fsp3) is 0.450. The molecule has 0 saturated carbocycles. The molecule has 2 aliphatic heterocycles. The van der Waals surface area contributed by atoms with Crippen LogP contribution in [0.4, 0.5) is 0 Å². The molecule has 0 N–H and O–H groups in total. The van der Waals surface area contributed by atoms with Gasteiger partial charge in [0, 0.05) is 44.0 Å². The van der Waals surface area contributed by atoms with Crippen molar-refractivity contribution in [2.45, 2.75) is 37.9 Å². The second-order valence-corrected chi connectivity index (χ2v) is 6.65. The molecule has 0 amide bonds. The predicted molar refractivity (Wildman–Crippen MR) is 93.1 cm³/mol. The van der Waals surface area contributed by atoms with Crippen molar-refractivity contribution in [1.82, 2.24) is 9.88 Å². The molecular weight excluding hydrogens is 300 g/mol. The van der Waals surface area contributed by atoms with Crippen LogP contribution in [0.5, 0.6) is 5.75 Å². The van der Waals surface area contributed by atoms with Crippen molar-refractivity contribution in [3.05, 3.63) is 59.4 Å². The Balaban J connectivity index is 1.44. The van der Waals surface area contributed by atoms with Gasteiger partial charge < -0.3 is 9.47 Å². The lowest BCUT2D eigenvalue weighted by Gasteiger charge is -2.35. The van der Waals surface area contributed by atoms with E-state index in [1.54, 1.807) is 7.11 Å². The van der Waals surface area contributed by atoms with Gasteiger partial charge in [-0.15, -0.1) is 0 Å². The van der Waals surface area contributed by atoms with Gasteiger partial charge in [-0.25, -0.2) is 0 Å². The second-order valence-electron chi connectivity index (χ2n) is 6.65. The van der Waals surface area contributed by atoms with Crippen molar-refractivity contribution < 1.29 is 9.47 Å². The Morgan fingerprint density at radius 1 is 1.12 bits per heavy atom. The zero-order valence-corrected chi connectivity index (χ0v) is 14.1. The molecule has 126 valence electrons. The van der Waals surface area contributed by atoms with Crippen molar-refractivity contribution in [1.29, 1.82) is 0 Å². The van der Waals surface area contributed by atoms with E-state index in [0.717, 1.165) is 18.7 Å². The molecule has 3 heterocycles. The molecule has 2 bridgehead atoms. The number of fused-ring (bicyclic) bond motifs is 4. The van der Waals surface area contributed by atoms with Crippen LogP contribution >= 0.6 is 0 Å². The summed E-state index contributed by atoms with van der Waals surface area (Å²) in [5, 5.41) is 0. The largest absolute Gasteiger partial charge is 0.491 e. The van der Waals surface area contributed by atoms with E-state index >= 15 is 0 Å². The monoisotopic (exact) mass is 324 g/mol. The van der Waals surface area contributed by atoms with Crippen molar-refractivity contribution in [3.63, 3.8) is 0 Å². The third-order valence-electron chi connectivity index (χ3n) is 5.20. The van der Waals surface area contributed by atoms with Gasteiger partial charge in [0.05, 0.1) is 6.61 Å². The molecule has 4 rings (SSSR count). The van der Waals surface area contributed by atoms with E-state index in [1.807, 2.05) is 6.20 Å². The highest BCUT2D eigenvalue weighted by molar-refractivity contribution is 5.32. The third kappa shape index (κ3) is 3.04. The van der Waals surface area contributed by atoms with Crippen LogP contribution in [0.25, 0.3) is 0 Å². The lowest BCUT2D eigenvalue weighted by Crippen LogP contribution is -2.37. The van der Waals surface area contributed by atoms with Crippen LogP contribution in [-0.4, -0.2) is 36.2 Å². The Hall–Kier alpha value is -1.91. The van der Waals surface area contributed by atoms with Crippen LogP contribution in [0.2, 0.25) is 0 Å². The van der Waals surface area contributed by atoms with E-state index in [1.165, 1.54) is 29.7 Å². The minimum absolute atomic E-state index is 0.532. The number of nitrogens with zero attached hydrogens (tertiary/aromatic N) is 2. The number of ether oxygens (including phenoxy) is 2. The van der Waals surface area contributed by atoms with Gasteiger partial charge in [0.15, 0.2) is 0 Å². The van der Waals surface area contributed by atoms with Crippen molar-refractivity contribution in [2.75, 3.05) is 20.3 Å². The highest BCUT2D eigenvalue weighted by atomic mass is 16.5. The normalized spacial score (nSPS) is 22.4. The molecule has 4 heteroatoms. The first-order chi connectivity index (χ1) is 11.8. The lowest BCUT2D eigenvalue weighted by molar-refractivity contribution is 0.146. The molecule has 4 nitrogen and oxygen atoms in total. The van der Waals surface area contributed by atoms with Gasteiger partial charge in [0.2, 0.25) is 0 Å². The van der Waals surface area contributed by atoms with Crippen molar-refractivity contribution >= 4 is 0 Å².